The molecule has 0 aliphatic heterocycles. The summed E-state index contributed by atoms with van der Waals surface area (Å²) in [7, 11) is -2.43. The van der Waals surface area contributed by atoms with Crippen LogP contribution in [0.1, 0.15) is 18.1 Å². The van der Waals surface area contributed by atoms with E-state index in [0.717, 1.165) is 5.56 Å². The molecular weight excluding hydrogens is 438 g/mol. The lowest BCUT2D eigenvalue weighted by molar-refractivity contribution is -0.111. The fourth-order valence-electron chi connectivity index (χ4n) is 3.17. The zero-order valence-corrected chi connectivity index (χ0v) is 19.0. The van der Waals surface area contributed by atoms with Crippen molar-refractivity contribution in [3.63, 3.8) is 0 Å². The lowest BCUT2D eigenvalue weighted by atomic mass is 10.1. The van der Waals surface area contributed by atoms with Crippen LogP contribution in [-0.2, 0) is 14.8 Å². The first-order valence-corrected chi connectivity index (χ1v) is 11.6. The summed E-state index contributed by atoms with van der Waals surface area (Å²) in [5.41, 5.74) is 2.05. The molecule has 0 saturated heterocycles. The van der Waals surface area contributed by atoms with Gasteiger partial charge >= 0.3 is 0 Å². The smallest absolute Gasteiger partial charge is 0.264 e. The molecule has 3 aromatic rings. The van der Waals surface area contributed by atoms with Gasteiger partial charge in [-0.15, -0.1) is 0 Å². The second-order valence-corrected chi connectivity index (χ2v) is 8.79. The van der Waals surface area contributed by atoms with Crippen molar-refractivity contribution in [3.05, 3.63) is 90.0 Å². The van der Waals surface area contributed by atoms with Gasteiger partial charge in [0, 0.05) is 12.6 Å². The zero-order valence-electron chi connectivity index (χ0n) is 18.2. The van der Waals surface area contributed by atoms with Crippen molar-refractivity contribution in [3.8, 4) is 11.8 Å². The third-order valence-electron chi connectivity index (χ3n) is 4.82. The minimum absolute atomic E-state index is 0.0281. The van der Waals surface area contributed by atoms with E-state index in [9.17, 15) is 13.2 Å². The Morgan fingerprint density at radius 1 is 1.09 bits per heavy atom. The Morgan fingerprint density at radius 3 is 2.39 bits per heavy atom. The number of nitrogens with one attached hydrogen (secondary N) is 1. The molecule has 1 amide bonds. The monoisotopic (exact) mass is 461 g/mol. The highest BCUT2D eigenvalue weighted by molar-refractivity contribution is 7.92. The maximum Gasteiger partial charge on any atom is 0.264 e. The lowest BCUT2D eigenvalue weighted by Gasteiger charge is -2.23. The third kappa shape index (κ3) is 5.59. The van der Waals surface area contributed by atoms with Crippen molar-refractivity contribution < 1.29 is 17.9 Å². The largest absolute Gasteiger partial charge is 0.495 e. The van der Waals surface area contributed by atoms with Crippen LogP contribution < -0.4 is 14.4 Å². The van der Waals surface area contributed by atoms with Crippen LogP contribution in [0.15, 0.2) is 83.8 Å². The number of hydrogen-bond acceptors (Lipinski definition) is 5. The van der Waals surface area contributed by atoms with Gasteiger partial charge in [-0.3, -0.25) is 9.10 Å². The number of hydrogen-bond donors (Lipinski definition) is 1. The number of sulfonamides is 1. The molecule has 1 N–H and O–H groups in total. The van der Waals surface area contributed by atoms with Crippen molar-refractivity contribution in [1.82, 2.24) is 0 Å². The highest BCUT2D eigenvalue weighted by Gasteiger charge is 2.25. The van der Waals surface area contributed by atoms with Crippen LogP contribution in [0.4, 0.5) is 11.4 Å². The van der Waals surface area contributed by atoms with Gasteiger partial charge in [-0.2, -0.15) is 5.26 Å². The Kier molecular flexibility index (Phi) is 7.49. The van der Waals surface area contributed by atoms with E-state index in [1.54, 1.807) is 61.5 Å². The van der Waals surface area contributed by atoms with E-state index >= 15 is 0 Å². The first-order valence-electron chi connectivity index (χ1n) is 10.1. The molecule has 0 saturated carbocycles. The summed E-state index contributed by atoms with van der Waals surface area (Å²) in [6.45, 7) is 2.00. The van der Waals surface area contributed by atoms with Crippen molar-refractivity contribution >= 4 is 33.4 Å². The quantitative estimate of drug-likeness (QED) is 0.500. The van der Waals surface area contributed by atoms with Gasteiger partial charge in [0.25, 0.3) is 10.0 Å². The van der Waals surface area contributed by atoms with E-state index in [1.165, 1.54) is 35.7 Å². The molecule has 0 unspecified atom stereocenters. The number of ether oxygens (including phenoxy) is 1. The molecule has 168 valence electrons. The summed E-state index contributed by atoms with van der Waals surface area (Å²) in [6.07, 6.45) is 2.92. The summed E-state index contributed by atoms with van der Waals surface area (Å²) < 4.78 is 33.2. The Labute approximate surface area is 193 Å². The van der Waals surface area contributed by atoms with E-state index in [2.05, 4.69) is 5.32 Å². The predicted molar refractivity (Wildman–Crippen MR) is 128 cm³/mol. The fraction of sp³-hybridized carbons (Fsp3) is 0.120. The zero-order chi connectivity index (χ0) is 23.8. The summed E-state index contributed by atoms with van der Waals surface area (Å²) in [4.78, 5) is 12.5. The number of benzene rings is 3. The van der Waals surface area contributed by atoms with Crippen LogP contribution >= 0.6 is 0 Å². The highest BCUT2D eigenvalue weighted by atomic mass is 32.2. The molecule has 0 fully saturated rings. The predicted octanol–water partition coefficient (Wildman–Crippen LogP) is 4.43. The molecule has 8 heteroatoms. The lowest BCUT2D eigenvalue weighted by Crippen LogP contribution is -2.30. The first kappa shape index (κ1) is 23.6. The number of carbonyl (C=O) groups is 1. The van der Waals surface area contributed by atoms with Gasteiger partial charge in [0.2, 0.25) is 5.91 Å². The molecule has 0 atom stereocenters. The normalized spacial score (nSPS) is 11.1. The molecule has 0 aliphatic rings. The molecule has 0 bridgehead atoms. The van der Waals surface area contributed by atoms with E-state index in [4.69, 9.17) is 10.00 Å². The molecule has 3 aromatic carbocycles. The van der Waals surface area contributed by atoms with Gasteiger partial charge in [-0.05, 0) is 61.0 Å². The number of anilines is 2. The third-order valence-corrected chi connectivity index (χ3v) is 6.71. The van der Waals surface area contributed by atoms with Crippen molar-refractivity contribution in [2.75, 3.05) is 23.3 Å². The van der Waals surface area contributed by atoms with E-state index in [-0.39, 0.29) is 17.1 Å². The van der Waals surface area contributed by atoms with Gasteiger partial charge in [0.15, 0.2) is 0 Å². The van der Waals surface area contributed by atoms with Gasteiger partial charge in [-0.25, -0.2) is 8.42 Å². The number of rotatable bonds is 8. The molecule has 3 rings (SSSR count). The van der Waals surface area contributed by atoms with Crippen molar-refractivity contribution in [1.29, 1.82) is 5.26 Å². The Bertz CT molecular complexity index is 1300. The van der Waals surface area contributed by atoms with E-state index in [0.29, 0.717) is 17.0 Å². The average Bonchev–Trinajstić information content (AvgIpc) is 2.84. The Morgan fingerprint density at radius 2 is 1.79 bits per heavy atom. The van der Waals surface area contributed by atoms with Crippen LogP contribution in [0.25, 0.3) is 6.08 Å². The molecule has 33 heavy (non-hydrogen) atoms. The van der Waals surface area contributed by atoms with E-state index in [1.807, 2.05) is 12.1 Å². The first-order chi connectivity index (χ1) is 15.9. The van der Waals surface area contributed by atoms with Gasteiger partial charge < -0.3 is 10.1 Å². The molecule has 0 heterocycles. The highest BCUT2D eigenvalue weighted by Crippen LogP contribution is 2.30. The molecular formula is C25H23N3O4S. The summed E-state index contributed by atoms with van der Waals surface area (Å²) in [5, 5.41) is 11.5. The van der Waals surface area contributed by atoms with Crippen LogP contribution in [0.3, 0.4) is 0 Å². The molecule has 0 aliphatic carbocycles. The number of amides is 1. The van der Waals surface area contributed by atoms with Gasteiger partial charge in [-0.1, -0.05) is 30.3 Å². The number of methoxy groups -OCH3 is 1. The SMILES string of the molecule is CCN(c1ccccc1)S(=O)(=O)c1ccc(OC)c(NC(=O)/C=C/c2ccc(C#N)cc2)c1. The summed E-state index contributed by atoms with van der Waals surface area (Å²) in [5.74, 6) is -0.126. The average molecular weight is 462 g/mol. The second kappa shape index (κ2) is 10.5. The van der Waals surface area contributed by atoms with E-state index < -0.39 is 15.9 Å². The minimum Gasteiger partial charge on any atom is -0.495 e. The van der Waals surface area contributed by atoms with Gasteiger partial charge in [0.1, 0.15) is 5.75 Å². The molecule has 0 spiro atoms. The van der Waals surface area contributed by atoms with Crippen LogP contribution in [0.2, 0.25) is 0 Å². The van der Waals surface area contributed by atoms with Crippen LogP contribution in [0.5, 0.6) is 5.75 Å². The second-order valence-electron chi connectivity index (χ2n) is 6.92. The summed E-state index contributed by atoms with van der Waals surface area (Å²) >= 11 is 0. The molecule has 0 radical (unpaired) electrons. The maximum atomic E-state index is 13.3. The van der Waals surface area contributed by atoms with Crippen molar-refractivity contribution in [2.24, 2.45) is 0 Å². The van der Waals surface area contributed by atoms with Gasteiger partial charge in [0.05, 0.1) is 35.0 Å². The topological polar surface area (TPSA) is 99.5 Å². The Hall–Kier alpha value is -4.09. The molecule has 0 aromatic heterocycles. The minimum atomic E-state index is -3.87. The number of carbonyl (C=O) groups excluding carboxylic acids is 1. The number of nitrogens with zero attached hydrogens (tertiary/aromatic N) is 2. The fourth-order valence-corrected chi connectivity index (χ4v) is 4.67. The standard InChI is InChI=1S/C25H23N3O4S/c1-3-28(21-7-5-4-6-8-21)33(30,31)22-14-15-24(32-2)23(17-22)27-25(29)16-13-19-9-11-20(18-26)12-10-19/h4-17H,3H2,1-2H3,(H,27,29)/b16-13+. The van der Waals surface area contributed by atoms with Crippen molar-refractivity contribution in [2.45, 2.75) is 11.8 Å². The van der Waals surface area contributed by atoms with Crippen LogP contribution in [0, 0.1) is 11.3 Å². The maximum absolute atomic E-state index is 13.3. The van der Waals surface area contributed by atoms with Crippen LogP contribution in [-0.4, -0.2) is 28.0 Å². The Balaban J connectivity index is 1.86. The summed E-state index contributed by atoms with van der Waals surface area (Å²) in [6, 6.07) is 21.9. The molecule has 7 nitrogen and oxygen atoms in total. The number of para-hydroxylation sites is 1. The number of nitriles is 1.